The molecule has 6 nitrogen and oxygen atoms in total. The van der Waals surface area contributed by atoms with Crippen LogP contribution in [0, 0.1) is 0 Å². The fourth-order valence-electron chi connectivity index (χ4n) is 3.44. The second-order valence-electron chi connectivity index (χ2n) is 7.29. The Morgan fingerprint density at radius 3 is 2.25 bits per heavy atom. The molecule has 0 aliphatic rings. The molecule has 0 aliphatic heterocycles. The number of rotatable bonds is 6. The third-order valence-electron chi connectivity index (χ3n) is 5.22. The van der Waals surface area contributed by atoms with Crippen molar-refractivity contribution in [1.82, 2.24) is 19.6 Å². The van der Waals surface area contributed by atoms with Crippen LogP contribution in [0.2, 0.25) is 0 Å². The highest BCUT2D eigenvalue weighted by Gasteiger charge is 2.29. The molecule has 10 heteroatoms. The predicted octanol–water partition coefficient (Wildman–Crippen LogP) is 4.06. The number of halogens is 3. The second kappa shape index (κ2) is 8.71. The van der Waals surface area contributed by atoms with E-state index < -0.39 is 22.7 Å². The average molecular weight is 459 g/mol. The maximum atomic E-state index is 12.8. The van der Waals surface area contributed by atoms with Gasteiger partial charge in [-0.25, -0.2) is 14.0 Å². The van der Waals surface area contributed by atoms with Crippen molar-refractivity contribution in [2.24, 2.45) is 12.2 Å². The summed E-state index contributed by atoms with van der Waals surface area (Å²) in [6.07, 6.45) is 2.11. The number of aryl methyl sites for hydroxylation is 2. The average Bonchev–Trinajstić information content (AvgIpc) is 3.39. The minimum absolute atomic E-state index is 0.541. The van der Waals surface area contributed by atoms with Gasteiger partial charge >= 0.3 is 6.18 Å². The second-order valence-corrected chi connectivity index (χ2v) is 8.36. The highest BCUT2D eigenvalue weighted by molar-refractivity contribution is 7.82. The van der Waals surface area contributed by atoms with Crippen LogP contribution in [0.25, 0.3) is 16.8 Å². The van der Waals surface area contributed by atoms with Gasteiger partial charge in [0.15, 0.2) is 0 Å². The Balaban J connectivity index is 1.52. The highest BCUT2D eigenvalue weighted by atomic mass is 32.2. The number of benzene rings is 2. The van der Waals surface area contributed by atoms with Crippen LogP contribution < -0.4 is 5.14 Å². The van der Waals surface area contributed by atoms with Crippen LogP contribution in [0.15, 0.2) is 72.0 Å². The van der Waals surface area contributed by atoms with Crippen molar-refractivity contribution in [3.63, 3.8) is 0 Å². The van der Waals surface area contributed by atoms with Crippen molar-refractivity contribution in [3.05, 3.63) is 83.9 Å². The van der Waals surface area contributed by atoms with E-state index in [4.69, 9.17) is 5.14 Å². The molecule has 2 aromatic heterocycles. The van der Waals surface area contributed by atoms with Gasteiger partial charge < -0.3 is 0 Å². The fourth-order valence-corrected chi connectivity index (χ4v) is 3.85. The SMILES string of the molecule is Cn1ncc(-n2cc(-c3ccc(S(N)=O)cc3)cn2)c1CCc1ccc(C(F)(F)F)cc1. The molecule has 0 bridgehead atoms. The molecule has 32 heavy (non-hydrogen) atoms. The molecule has 4 rings (SSSR count). The molecule has 2 N–H and O–H groups in total. The molecule has 1 unspecified atom stereocenters. The Morgan fingerprint density at radius 1 is 0.938 bits per heavy atom. The number of hydrogen-bond donors (Lipinski definition) is 1. The van der Waals surface area contributed by atoms with E-state index in [0.29, 0.717) is 17.7 Å². The van der Waals surface area contributed by atoms with E-state index in [0.717, 1.165) is 40.2 Å². The van der Waals surface area contributed by atoms with Crippen molar-refractivity contribution in [2.75, 3.05) is 0 Å². The summed E-state index contributed by atoms with van der Waals surface area (Å²) in [5, 5.41) is 14.2. The molecule has 0 aliphatic carbocycles. The van der Waals surface area contributed by atoms with Crippen LogP contribution in [-0.4, -0.2) is 23.8 Å². The third kappa shape index (κ3) is 4.66. The topological polar surface area (TPSA) is 78.7 Å². The van der Waals surface area contributed by atoms with E-state index in [1.165, 1.54) is 12.1 Å². The van der Waals surface area contributed by atoms with E-state index in [1.54, 1.807) is 33.9 Å². The predicted molar refractivity (Wildman–Crippen MR) is 115 cm³/mol. The van der Waals surface area contributed by atoms with Crippen LogP contribution in [0.1, 0.15) is 16.8 Å². The largest absolute Gasteiger partial charge is 0.416 e. The molecule has 0 radical (unpaired) electrons. The van der Waals surface area contributed by atoms with Gasteiger partial charge in [-0.05, 0) is 48.2 Å². The van der Waals surface area contributed by atoms with E-state index in [-0.39, 0.29) is 0 Å². The summed E-state index contributed by atoms with van der Waals surface area (Å²) in [5.41, 5.74) is 3.64. The normalized spacial score (nSPS) is 12.8. The van der Waals surface area contributed by atoms with E-state index in [9.17, 15) is 17.4 Å². The van der Waals surface area contributed by atoms with Gasteiger partial charge in [0.1, 0.15) is 16.7 Å². The molecule has 4 aromatic rings. The standard InChI is InChI=1S/C22H20F3N5OS/c1-29-20(11-4-15-2-7-18(8-3-15)22(23,24)25)21(13-27-29)30-14-17(12-28-30)16-5-9-19(10-6-16)32(26)31/h2-3,5-10,12-14H,4,11,26H2,1H3. The Bertz CT molecular complexity index is 1240. The van der Waals surface area contributed by atoms with Gasteiger partial charge in [-0.15, -0.1) is 0 Å². The first kappa shape index (κ1) is 22.0. The molecule has 1 atom stereocenters. The Morgan fingerprint density at radius 2 is 1.62 bits per heavy atom. The number of alkyl halides is 3. The lowest BCUT2D eigenvalue weighted by Crippen LogP contribution is -2.06. The first-order chi connectivity index (χ1) is 15.2. The number of nitrogens with two attached hydrogens (primary N) is 1. The molecule has 0 fully saturated rings. The van der Waals surface area contributed by atoms with Crippen LogP contribution in [-0.2, 0) is 37.1 Å². The summed E-state index contributed by atoms with van der Waals surface area (Å²) in [5.74, 6) is 0. The van der Waals surface area contributed by atoms with Gasteiger partial charge in [0.25, 0.3) is 0 Å². The quantitative estimate of drug-likeness (QED) is 0.472. The smallest absolute Gasteiger partial charge is 0.270 e. The first-order valence-corrected chi connectivity index (χ1v) is 10.9. The molecule has 2 heterocycles. The van der Waals surface area contributed by atoms with E-state index in [1.807, 2.05) is 25.4 Å². The maximum absolute atomic E-state index is 12.8. The van der Waals surface area contributed by atoms with Gasteiger partial charge in [0.2, 0.25) is 0 Å². The van der Waals surface area contributed by atoms with E-state index in [2.05, 4.69) is 10.2 Å². The minimum Gasteiger partial charge on any atom is -0.270 e. The number of aromatic nitrogens is 4. The third-order valence-corrected chi connectivity index (χ3v) is 5.96. The Labute approximate surface area is 185 Å². The zero-order chi connectivity index (χ0) is 22.9. The van der Waals surface area contributed by atoms with Crippen molar-refractivity contribution in [3.8, 4) is 16.8 Å². The summed E-state index contributed by atoms with van der Waals surface area (Å²) in [7, 11) is 0.291. The van der Waals surface area contributed by atoms with Gasteiger partial charge in [0.05, 0.1) is 28.5 Å². The summed E-state index contributed by atoms with van der Waals surface area (Å²) < 4.78 is 53.1. The van der Waals surface area contributed by atoms with Crippen molar-refractivity contribution < 1.29 is 17.4 Å². The van der Waals surface area contributed by atoms with E-state index >= 15 is 0 Å². The minimum atomic E-state index is -4.34. The maximum Gasteiger partial charge on any atom is 0.416 e. The Kier molecular flexibility index (Phi) is 5.98. The molecular formula is C22H20F3N5OS. The molecule has 0 saturated carbocycles. The number of hydrogen-bond acceptors (Lipinski definition) is 3. The highest BCUT2D eigenvalue weighted by Crippen LogP contribution is 2.29. The molecular weight excluding hydrogens is 439 g/mol. The molecule has 0 amide bonds. The Hall–Kier alpha value is -3.24. The summed E-state index contributed by atoms with van der Waals surface area (Å²) in [4.78, 5) is 0.541. The summed E-state index contributed by atoms with van der Waals surface area (Å²) in [6, 6.07) is 12.3. The van der Waals surface area contributed by atoms with Crippen LogP contribution in [0.4, 0.5) is 13.2 Å². The van der Waals surface area contributed by atoms with Gasteiger partial charge in [-0.3, -0.25) is 4.68 Å². The van der Waals surface area contributed by atoms with Gasteiger partial charge in [-0.2, -0.15) is 23.4 Å². The monoisotopic (exact) mass is 459 g/mol. The van der Waals surface area contributed by atoms with Crippen molar-refractivity contribution >= 4 is 11.0 Å². The van der Waals surface area contributed by atoms with Gasteiger partial charge in [0, 0.05) is 18.8 Å². The van der Waals surface area contributed by atoms with Crippen LogP contribution in [0.5, 0.6) is 0 Å². The van der Waals surface area contributed by atoms with Gasteiger partial charge in [-0.1, -0.05) is 24.3 Å². The molecule has 0 saturated heterocycles. The zero-order valence-electron chi connectivity index (χ0n) is 17.1. The first-order valence-electron chi connectivity index (χ1n) is 9.71. The summed E-state index contributed by atoms with van der Waals surface area (Å²) >= 11 is 0. The van der Waals surface area contributed by atoms with Crippen LogP contribution >= 0.6 is 0 Å². The lowest BCUT2D eigenvalue weighted by Gasteiger charge is -2.09. The molecule has 0 spiro atoms. The van der Waals surface area contributed by atoms with Crippen molar-refractivity contribution in [2.45, 2.75) is 23.9 Å². The summed E-state index contributed by atoms with van der Waals surface area (Å²) in [6.45, 7) is 0. The molecule has 2 aromatic carbocycles. The molecule has 166 valence electrons. The van der Waals surface area contributed by atoms with Crippen LogP contribution in [0.3, 0.4) is 0 Å². The zero-order valence-corrected chi connectivity index (χ0v) is 17.9. The van der Waals surface area contributed by atoms with Crippen molar-refractivity contribution in [1.29, 1.82) is 0 Å². The number of nitrogens with zero attached hydrogens (tertiary/aromatic N) is 4. The fraction of sp³-hybridized carbons (Fsp3) is 0.182. The lowest BCUT2D eigenvalue weighted by molar-refractivity contribution is -0.137. The lowest BCUT2D eigenvalue weighted by atomic mass is 10.1.